The fourth-order valence-electron chi connectivity index (χ4n) is 3.73. The molecule has 1 aromatic rings. The lowest BCUT2D eigenvalue weighted by Crippen LogP contribution is -2.48. The van der Waals surface area contributed by atoms with E-state index in [4.69, 9.17) is 9.73 Å². The number of guanidine groups is 1. The van der Waals surface area contributed by atoms with Crippen LogP contribution in [0.4, 0.5) is 9.18 Å². The van der Waals surface area contributed by atoms with Crippen molar-refractivity contribution in [2.24, 2.45) is 4.99 Å². The Labute approximate surface area is 192 Å². The number of ether oxygens (including phenoxy) is 1. The molecule has 180 valence electrons. The first-order valence-electron chi connectivity index (χ1n) is 11.5. The van der Waals surface area contributed by atoms with Gasteiger partial charge in [-0.25, -0.2) is 14.2 Å². The Hall–Kier alpha value is -2.35. The van der Waals surface area contributed by atoms with E-state index in [0.717, 1.165) is 43.8 Å². The molecule has 1 saturated carbocycles. The summed E-state index contributed by atoms with van der Waals surface area (Å²) in [5.74, 6) is 0.572. The molecule has 1 aromatic carbocycles. The second kappa shape index (κ2) is 12.0. The number of nitrogens with one attached hydrogen (secondary N) is 3. The van der Waals surface area contributed by atoms with Crippen LogP contribution in [0.3, 0.4) is 0 Å². The van der Waals surface area contributed by atoms with Crippen LogP contribution in [0.25, 0.3) is 0 Å². The van der Waals surface area contributed by atoms with Crippen LogP contribution < -0.4 is 16.0 Å². The lowest BCUT2D eigenvalue weighted by molar-refractivity contribution is 0.0490. The minimum atomic E-state index is -0.488. The van der Waals surface area contributed by atoms with Crippen LogP contribution in [-0.4, -0.2) is 55.3 Å². The maximum absolute atomic E-state index is 14.0. The summed E-state index contributed by atoms with van der Waals surface area (Å²) in [6.07, 6.45) is 3.31. The average Bonchev–Trinajstić information content (AvgIpc) is 2.68. The highest BCUT2D eigenvalue weighted by Gasteiger charge is 2.25. The molecule has 0 unspecified atom stereocenters. The number of carbonyl (C=O) groups is 1. The first-order chi connectivity index (χ1) is 15.1. The normalized spacial score (nSPS) is 19.6. The summed E-state index contributed by atoms with van der Waals surface area (Å²) < 4.78 is 19.4. The molecule has 0 aliphatic heterocycles. The first-order valence-corrected chi connectivity index (χ1v) is 11.5. The Kier molecular flexibility index (Phi) is 9.75. The van der Waals surface area contributed by atoms with Crippen LogP contribution >= 0.6 is 0 Å². The molecule has 1 aliphatic carbocycles. The van der Waals surface area contributed by atoms with Gasteiger partial charge in [0.1, 0.15) is 11.4 Å². The average molecular weight is 450 g/mol. The molecule has 0 radical (unpaired) electrons. The molecule has 0 saturated heterocycles. The lowest BCUT2D eigenvalue weighted by Gasteiger charge is -2.31. The fraction of sp³-hybridized carbons (Fsp3) is 0.667. The van der Waals surface area contributed by atoms with Gasteiger partial charge in [-0.2, -0.15) is 0 Å². The minimum Gasteiger partial charge on any atom is -0.444 e. The van der Waals surface area contributed by atoms with E-state index in [-0.39, 0.29) is 18.0 Å². The zero-order chi connectivity index (χ0) is 23.7. The summed E-state index contributed by atoms with van der Waals surface area (Å²) in [4.78, 5) is 18.6. The summed E-state index contributed by atoms with van der Waals surface area (Å²) in [5, 5.41) is 9.78. The molecule has 0 spiro atoms. The van der Waals surface area contributed by atoms with E-state index in [2.05, 4.69) is 16.0 Å². The highest BCUT2D eigenvalue weighted by molar-refractivity contribution is 5.80. The van der Waals surface area contributed by atoms with Crippen molar-refractivity contribution in [3.8, 4) is 0 Å². The van der Waals surface area contributed by atoms with Crippen molar-refractivity contribution in [2.75, 3.05) is 20.6 Å². The number of benzene rings is 1. The monoisotopic (exact) mass is 449 g/mol. The predicted octanol–water partition coefficient (Wildman–Crippen LogP) is 3.78. The quantitative estimate of drug-likeness (QED) is 0.436. The van der Waals surface area contributed by atoms with Crippen molar-refractivity contribution < 1.29 is 13.9 Å². The van der Waals surface area contributed by atoms with Gasteiger partial charge < -0.3 is 25.6 Å². The van der Waals surface area contributed by atoms with E-state index < -0.39 is 5.60 Å². The van der Waals surface area contributed by atoms with Gasteiger partial charge in [0.05, 0.1) is 6.54 Å². The molecule has 1 fully saturated rings. The van der Waals surface area contributed by atoms with E-state index in [1.54, 1.807) is 6.07 Å². The van der Waals surface area contributed by atoms with E-state index in [9.17, 15) is 9.18 Å². The molecular formula is C24H40FN5O2. The van der Waals surface area contributed by atoms with E-state index in [1.165, 1.54) is 6.07 Å². The Bertz CT molecular complexity index is 768. The van der Waals surface area contributed by atoms with Gasteiger partial charge in [0.2, 0.25) is 0 Å². The second-order valence-corrected chi connectivity index (χ2v) is 9.70. The molecule has 2 rings (SSSR count). The summed E-state index contributed by atoms with van der Waals surface area (Å²) in [6.45, 7) is 9.43. The summed E-state index contributed by atoms with van der Waals surface area (Å²) in [5.41, 5.74) is 1.17. The lowest BCUT2D eigenvalue weighted by atomic mass is 9.91. The highest BCUT2D eigenvalue weighted by Crippen LogP contribution is 2.19. The zero-order valence-corrected chi connectivity index (χ0v) is 20.4. The van der Waals surface area contributed by atoms with Crippen molar-refractivity contribution in [1.29, 1.82) is 0 Å². The van der Waals surface area contributed by atoms with Crippen LogP contribution in [0.1, 0.15) is 64.5 Å². The van der Waals surface area contributed by atoms with Gasteiger partial charge in [-0.3, -0.25) is 0 Å². The molecule has 0 aromatic heterocycles. The molecule has 8 heteroatoms. The number of rotatable bonds is 7. The maximum Gasteiger partial charge on any atom is 0.407 e. The predicted molar refractivity (Wildman–Crippen MR) is 127 cm³/mol. The molecule has 1 amide bonds. The SMILES string of the molecule is CCNC(=NCc1ccc(F)c(CN(C)C)c1)NC1CCC(NC(=O)OC(C)(C)C)CC1. The minimum absolute atomic E-state index is 0.136. The smallest absolute Gasteiger partial charge is 0.407 e. The molecule has 0 atom stereocenters. The van der Waals surface area contributed by atoms with E-state index >= 15 is 0 Å². The Balaban J connectivity index is 1.89. The van der Waals surface area contributed by atoms with Crippen LogP contribution in [-0.2, 0) is 17.8 Å². The maximum atomic E-state index is 14.0. The van der Waals surface area contributed by atoms with Gasteiger partial charge in [0.15, 0.2) is 5.96 Å². The number of hydrogen-bond donors (Lipinski definition) is 3. The summed E-state index contributed by atoms with van der Waals surface area (Å²) >= 11 is 0. The van der Waals surface area contributed by atoms with Gasteiger partial charge in [-0.1, -0.05) is 6.07 Å². The van der Waals surface area contributed by atoms with Gasteiger partial charge >= 0.3 is 6.09 Å². The van der Waals surface area contributed by atoms with Gasteiger partial charge in [-0.05, 0) is 85.2 Å². The van der Waals surface area contributed by atoms with Crippen LogP contribution in [0.5, 0.6) is 0 Å². The molecule has 0 heterocycles. The number of nitrogens with zero attached hydrogens (tertiary/aromatic N) is 2. The molecule has 3 N–H and O–H groups in total. The third kappa shape index (κ3) is 9.42. The van der Waals surface area contributed by atoms with E-state index in [1.807, 2.05) is 52.8 Å². The van der Waals surface area contributed by atoms with Crippen molar-refractivity contribution in [3.63, 3.8) is 0 Å². The highest BCUT2D eigenvalue weighted by atomic mass is 19.1. The number of aliphatic imine (C=N–C) groups is 1. The summed E-state index contributed by atoms with van der Waals surface area (Å²) in [7, 11) is 3.85. The number of amides is 1. The molecule has 7 nitrogen and oxygen atoms in total. The number of halogens is 1. The molecule has 0 bridgehead atoms. The summed E-state index contributed by atoms with van der Waals surface area (Å²) in [6, 6.07) is 5.62. The molecule has 1 aliphatic rings. The standard InChI is InChI=1S/C24H40FN5O2/c1-7-26-22(27-15-17-8-13-21(25)18(14-17)16-30(5)6)28-19-9-11-20(12-10-19)29-23(31)32-24(2,3)4/h8,13-14,19-20H,7,9-12,15-16H2,1-6H3,(H,29,31)(H2,26,27,28). The number of alkyl carbamates (subject to hydrolysis) is 1. The van der Waals surface area contributed by atoms with Crippen molar-refractivity contribution in [1.82, 2.24) is 20.9 Å². The Morgan fingerprint density at radius 2 is 1.78 bits per heavy atom. The largest absolute Gasteiger partial charge is 0.444 e. The van der Waals surface area contributed by atoms with E-state index in [0.29, 0.717) is 24.7 Å². The second-order valence-electron chi connectivity index (χ2n) is 9.70. The third-order valence-electron chi connectivity index (χ3n) is 5.15. The number of hydrogen-bond acceptors (Lipinski definition) is 4. The van der Waals surface area contributed by atoms with Gasteiger partial charge in [0.25, 0.3) is 0 Å². The van der Waals surface area contributed by atoms with Gasteiger partial charge in [-0.15, -0.1) is 0 Å². The third-order valence-corrected chi connectivity index (χ3v) is 5.15. The molecular weight excluding hydrogens is 409 g/mol. The number of carbonyl (C=O) groups excluding carboxylic acids is 1. The fourth-order valence-corrected chi connectivity index (χ4v) is 3.73. The van der Waals surface area contributed by atoms with Crippen molar-refractivity contribution >= 4 is 12.1 Å². The van der Waals surface area contributed by atoms with Crippen LogP contribution in [0.2, 0.25) is 0 Å². The van der Waals surface area contributed by atoms with Gasteiger partial charge in [0, 0.05) is 30.7 Å². The van der Waals surface area contributed by atoms with Crippen molar-refractivity contribution in [3.05, 3.63) is 35.1 Å². The zero-order valence-electron chi connectivity index (χ0n) is 20.4. The Morgan fingerprint density at radius 3 is 2.34 bits per heavy atom. The molecule has 32 heavy (non-hydrogen) atoms. The van der Waals surface area contributed by atoms with Crippen LogP contribution in [0, 0.1) is 5.82 Å². The van der Waals surface area contributed by atoms with Crippen LogP contribution in [0.15, 0.2) is 23.2 Å². The van der Waals surface area contributed by atoms with Crippen molar-refractivity contribution in [2.45, 2.75) is 84.2 Å². The topological polar surface area (TPSA) is 78.0 Å². The first kappa shape index (κ1) is 25.9. The Morgan fingerprint density at radius 1 is 1.16 bits per heavy atom.